The zero-order valence-electron chi connectivity index (χ0n) is 15.2. The number of benzene rings is 1. The summed E-state index contributed by atoms with van der Waals surface area (Å²) in [6, 6.07) is 13.1. The molecular formula is C21H28N2O. The molecule has 0 radical (unpaired) electrons. The molecule has 1 aromatic heterocycles. The lowest BCUT2D eigenvalue weighted by molar-refractivity contribution is -0.134. The normalized spacial score (nSPS) is 17.7. The summed E-state index contributed by atoms with van der Waals surface area (Å²) < 4.78 is 2.25. The maximum absolute atomic E-state index is 12.7. The van der Waals surface area contributed by atoms with Gasteiger partial charge < -0.3 is 9.47 Å². The van der Waals surface area contributed by atoms with Crippen molar-refractivity contribution in [2.24, 2.45) is 0 Å². The highest BCUT2D eigenvalue weighted by Gasteiger charge is 2.26. The molecule has 1 aliphatic rings. The van der Waals surface area contributed by atoms with Crippen LogP contribution < -0.4 is 0 Å². The van der Waals surface area contributed by atoms with E-state index < -0.39 is 0 Å². The van der Waals surface area contributed by atoms with Crippen LogP contribution in [-0.4, -0.2) is 21.9 Å². The molecule has 2 aromatic rings. The third kappa shape index (κ3) is 3.40. The summed E-state index contributed by atoms with van der Waals surface area (Å²) >= 11 is 0. The van der Waals surface area contributed by atoms with E-state index in [9.17, 15) is 4.79 Å². The van der Waals surface area contributed by atoms with E-state index in [0.717, 1.165) is 19.5 Å². The molecule has 1 amide bonds. The van der Waals surface area contributed by atoms with E-state index in [1.807, 2.05) is 4.90 Å². The Bertz CT molecular complexity index is 706. The smallest absolute Gasteiger partial charge is 0.223 e. The molecule has 128 valence electrons. The van der Waals surface area contributed by atoms with Gasteiger partial charge in [-0.25, -0.2) is 0 Å². The van der Waals surface area contributed by atoms with Crippen LogP contribution in [0.1, 0.15) is 57.0 Å². The Morgan fingerprint density at radius 2 is 1.83 bits per heavy atom. The third-order valence-electron chi connectivity index (χ3n) is 5.11. The van der Waals surface area contributed by atoms with Gasteiger partial charge in [0.15, 0.2) is 0 Å². The van der Waals surface area contributed by atoms with Crippen LogP contribution in [0.5, 0.6) is 0 Å². The van der Waals surface area contributed by atoms with Crippen molar-refractivity contribution < 1.29 is 4.79 Å². The number of aromatic nitrogens is 1. The van der Waals surface area contributed by atoms with Gasteiger partial charge in [0.1, 0.15) is 0 Å². The van der Waals surface area contributed by atoms with E-state index in [0.29, 0.717) is 6.42 Å². The van der Waals surface area contributed by atoms with Crippen molar-refractivity contribution in [3.05, 3.63) is 59.4 Å². The number of nitrogens with zero attached hydrogens (tertiary/aromatic N) is 2. The molecule has 1 atom stereocenters. The van der Waals surface area contributed by atoms with Crippen molar-refractivity contribution in [1.82, 2.24) is 9.47 Å². The zero-order valence-corrected chi connectivity index (χ0v) is 15.2. The van der Waals surface area contributed by atoms with Gasteiger partial charge in [0.25, 0.3) is 0 Å². The summed E-state index contributed by atoms with van der Waals surface area (Å²) in [5.74, 6) is 0.259. The quantitative estimate of drug-likeness (QED) is 0.825. The first kappa shape index (κ1) is 16.8. The van der Waals surface area contributed by atoms with Crippen LogP contribution in [0.25, 0.3) is 0 Å². The van der Waals surface area contributed by atoms with Crippen LogP contribution in [0.15, 0.2) is 42.6 Å². The minimum atomic E-state index is 0.171. The number of fused-ring (bicyclic) bond motifs is 1. The van der Waals surface area contributed by atoms with Crippen LogP contribution >= 0.6 is 0 Å². The molecule has 0 aliphatic carbocycles. The molecule has 1 aliphatic heterocycles. The van der Waals surface area contributed by atoms with Crippen molar-refractivity contribution in [2.45, 2.75) is 58.5 Å². The summed E-state index contributed by atoms with van der Waals surface area (Å²) in [4.78, 5) is 14.7. The van der Waals surface area contributed by atoms with Gasteiger partial charge in [0, 0.05) is 31.4 Å². The first-order valence-corrected chi connectivity index (χ1v) is 8.90. The number of carbonyl (C=O) groups excluding carboxylic acids is 1. The van der Waals surface area contributed by atoms with Gasteiger partial charge in [-0.2, -0.15) is 0 Å². The van der Waals surface area contributed by atoms with Gasteiger partial charge in [-0.15, -0.1) is 0 Å². The Hall–Kier alpha value is -2.03. The molecule has 0 unspecified atom stereocenters. The summed E-state index contributed by atoms with van der Waals surface area (Å²) in [5.41, 5.74) is 3.99. The Balaban J connectivity index is 1.60. The number of hydrogen-bond acceptors (Lipinski definition) is 1. The molecule has 3 nitrogen and oxygen atoms in total. The first-order valence-electron chi connectivity index (χ1n) is 8.90. The fraction of sp³-hybridized carbons (Fsp3) is 0.476. The summed E-state index contributed by atoms with van der Waals surface area (Å²) in [6.45, 7) is 10.5. The maximum atomic E-state index is 12.7. The van der Waals surface area contributed by atoms with Gasteiger partial charge in [0.2, 0.25) is 5.91 Å². The van der Waals surface area contributed by atoms with Crippen molar-refractivity contribution in [3.63, 3.8) is 0 Å². The first-order chi connectivity index (χ1) is 11.4. The Labute approximate surface area is 145 Å². The largest absolute Gasteiger partial charge is 0.348 e. The van der Waals surface area contributed by atoms with Crippen LogP contribution in [0.2, 0.25) is 0 Å². The predicted molar refractivity (Wildman–Crippen MR) is 98.0 cm³/mol. The standard InChI is InChI=1S/C21H28N2O/c1-16-19-6-5-13-22(19)14-15-23(16)20(24)12-9-17-7-10-18(11-8-17)21(2,3)4/h5-8,10-11,13,16H,9,12,14-15H2,1-4H3/t16-/m1/s1. The number of aryl methyl sites for hydroxylation is 1. The molecule has 0 saturated heterocycles. The van der Waals surface area contributed by atoms with Gasteiger partial charge in [-0.3, -0.25) is 4.79 Å². The molecule has 0 N–H and O–H groups in total. The molecule has 0 fully saturated rings. The lowest BCUT2D eigenvalue weighted by Crippen LogP contribution is -2.40. The lowest BCUT2D eigenvalue weighted by atomic mass is 9.86. The third-order valence-corrected chi connectivity index (χ3v) is 5.11. The lowest BCUT2D eigenvalue weighted by Gasteiger charge is -2.35. The predicted octanol–water partition coefficient (Wildman–Crippen LogP) is 4.32. The average Bonchev–Trinajstić information content (AvgIpc) is 3.02. The molecule has 3 heteroatoms. The topological polar surface area (TPSA) is 25.2 Å². The second kappa shape index (κ2) is 6.46. The fourth-order valence-electron chi connectivity index (χ4n) is 3.49. The minimum Gasteiger partial charge on any atom is -0.348 e. The molecule has 2 heterocycles. The monoisotopic (exact) mass is 324 g/mol. The molecule has 3 rings (SSSR count). The van der Waals surface area contributed by atoms with Crippen LogP contribution in [0, 0.1) is 0 Å². The van der Waals surface area contributed by atoms with Crippen molar-refractivity contribution in [3.8, 4) is 0 Å². The van der Waals surface area contributed by atoms with E-state index in [1.54, 1.807) is 0 Å². The molecule has 0 spiro atoms. The summed E-state index contributed by atoms with van der Waals surface area (Å²) in [6.07, 6.45) is 3.50. The summed E-state index contributed by atoms with van der Waals surface area (Å²) in [7, 11) is 0. The van der Waals surface area contributed by atoms with Gasteiger partial charge >= 0.3 is 0 Å². The Morgan fingerprint density at radius 3 is 2.50 bits per heavy atom. The maximum Gasteiger partial charge on any atom is 0.223 e. The highest BCUT2D eigenvalue weighted by Crippen LogP contribution is 2.26. The highest BCUT2D eigenvalue weighted by molar-refractivity contribution is 5.77. The van der Waals surface area contributed by atoms with Crippen molar-refractivity contribution in [2.75, 3.05) is 6.54 Å². The van der Waals surface area contributed by atoms with Crippen molar-refractivity contribution in [1.29, 1.82) is 0 Å². The Morgan fingerprint density at radius 1 is 1.12 bits per heavy atom. The number of rotatable bonds is 3. The van der Waals surface area contributed by atoms with E-state index in [-0.39, 0.29) is 17.4 Å². The average molecular weight is 324 g/mol. The number of amides is 1. The molecule has 24 heavy (non-hydrogen) atoms. The molecular weight excluding hydrogens is 296 g/mol. The van der Waals surface area contributed by atoms with E-state index in [1.165, 1.54) is 16.8 Å². The fourth-order valence-corrected chi connectivity index (χ4v) is 3.49. The SMILES string of the molecule is C[C@@H]1c2cccn2CCN1C(=O)CCc1ccc(C(C)(C)C)cc1. The Kier molecular flexibility index (Phi) is 4.53. The van der Waals surface area contributed by atoms with Gasteiger partial charge in [-0.05, 0) is 42.0 Å². The number of carbonyl (C=O) groups is 1. The van der Waals surface area contributed by atoms with E-state index in [2.05, 4.69) is 74.9 Å². The second-order valence-corrected chi connectivity index (χ2v) is 7.84. The van der Waals surface area contributed by atoms with Crippen LogP contribution in [-0.2, 0) is 23.2 Å². The minimum absolute atomic E-state index is 0.171. The van der Waals surface area contributed by atoms with Crippen LogP contribution in [0.4, 0.5) is 0 Å². The van der Waals surface area contributed by atoms with Crippen molar-refractivity contribution >= 4 is 5.91 Å². The van der Waals surface area contributed by atoms with Gasteiger partial charge in [0.05, 0.1) is 6.04 Å². The highest BCUT2D eigenvalue weighted by atomic mass is 16.2. The van der Waals surface area contributed by atoms with Crippen LogP contribution in [0.3, 0.4) is 0 Å². The van der Waals surface area contributed by atoms with E-state index in [4.69, 9.17) is 0 Å². The van der Waals surface area contributed by atoms with E-state index >= 15 is 0 Å². The molecule has 1 aromatic carbocycles. The summed E-state index contributed by atoms with van der Waals surface area (Å²) in [5, 5.41) is 0. The van der Waals surface area contributed by atoms with Gasteiger partial charge in [-0.1, -0.05) is 45.0 Å². The second-order valence-electron chi connectivity index (χ2n) is 7.84. The zero-order chi connectivity index (χ0) is 17.3. The molecule has 0 saturated carbocycles. The number of hydrogen-bond donors (Lipinski definition) is 0. The molecule has 0 bridgehead atoms.